The van der Waals surface area contributed by atoms with Gasteiger partial charge in [0, 0.05) is 30.6 Å². The lowest BCUT2D eigenvalue weighted by Crippen LogP contribution is -2.08. The van der Waals surface area contributed by atoms with Crippen LogP contribution in [-0.4, -0.2) is 45.3 Å². The molecule has 30 heavy (non-hydrogen) atoms. The molecule has 0 bridgehead atoms. The van der Waals surface area contributed by atoms with Gasteiger partial charge in [-0.05, 0) is 36.2 Å². The maximum Gasteiger partial charge on any atom is 0.160 e. The van der Waals surface area contributed by atoms with E-state index < -0.39 is 0 Å². The fourth-order valence-corrected chi connectivity index (χ4v) is 3.35. The van der Waals surface area contributed by atoms with Crippen molar-refractivity contribution in [1.29, 1.82) is 0 Å². The zero-order valence-corrected chi connectivity index (χ0v) is 16.7. The van der Waals surface area contributed by atoms with E-state index in [1.807, 2.05) is 28.8 Å². The van der Waals surface area contributed by atoms with Crippen LogP contribution in [0, 0.1) is 0 Å². The van der Waals surface area contributed by atoms with E-state index in [2.05, 4.69) is 15.3 Å². The second kappa shape index (κ2) is 8.20. The molecule has 2 aromatic heterocycles. The zero-order valence-electron chi connectivity index (χ0n) is 16.7. The molecule has 0 aliphatic heterocycles. The number of methoxy groups -OCH3 is 2. The zero-order chi connectivity index (χ0) is 21.1. The molecule has 4 aromatic rings. The molecule has 0 atom stereocenters. The van der Waals surface area contributed by atoms with Crippen LogP contribution in [-0.2, 0) is 6.42 Å². The van der Waals surface area contributed by atoms with E-state index in [0.29, 0.717) is 34.9 Å². The molecule has 4 rings (SSSR count). The summed E-state index contributed by atoms with van der Waals surface area (Å²) in [7, 11) is 3.22. The number of rotatable bonds is 7. The van der Waals surface area contributed by atoms with Crippen molar-refractivity contribution in [2.75, 3.05) is 26.1 Å². The molecule has 0 radical (unpaired) electrons. The van der Waals surface area contributed by atoms with Crippen LogP contribution in [0.3, 0.4) is 0 Å². The number of nitrogens with zero attached hydrogens (tertiary/aromatic N) is 3. The highest BCUT2D eigenvalue weighted by atomic mass is 16.5. The van der Waals surface area contributed by atoms with Crippen molar-refractivity contribution >= 4 is 11.5 Å². The minimum Gasteiger partial charge on any atom is -0.508 e. The van der Waals surface area contributed by atoms with Gasteiger partial charge in [0.15, 0.2) is 17.1 Å². The number of hydrogen-bond acceptors (Lipinski definition) is 7. The summed E-state index contributed by atoms with van der Waals surface area (Å²) < 4.78 is 12.5. The average Bonchev–Trinajstić information content (AvgIpc) is 3.12. The van der Waals surface area contributed by atoms with Crippen molar-refractivity contribution in [3.8, 4) is 34.3 Å². The summed E-state index contributed by atoms with van der Waals surface area (Å²) in [5, 5.41) is 23.4. The highest BCUT2D eigenvalue weighted by Gasteiger charge is 2.17. The number of hydrogen-bond donors (Lipinski definition) is 3. The van der Waals surface area contributed by atoms with E-state index in [1.165, 1.54) is 12.1 Å². The summed E-state index contributed by atoms with van der Waals surface area (Å²) >= 11 is 0. The monoisotopic (exact) mass is 406 g/mol. The topological polar surface area (TPSA) is 101 Å². The first kappa shape index (κ1) is 19.4. The number of ether oxygens (including phenoxy) is 2. The summed E-state index contributed by atoms with van der Waals surface area (Å²) in [4.78, 5) is 8.73. The lowest BCUT2D eigenvalue weighted by molar-refractivity contribution is 0.354. The third kappa shape index (κ3) is 3.67. The van der Waals surface area contributed by atoms with Gasteiger partial charge in [0.1, 0.15) is 23.0 Å². The molecule has 0 saturated heterocycles. The van der Waals surface area contributed by atoms with Gasteiger partial charge < -0.3 is 25.0 Å². The van der Waals surface area contributed by atoms with Gasteiger partial charge in [-0.2, -0.15) is 0 Å². The Kier molecular flexibility index (Phi) is 5.30. The van der Waals surface area contributed by atoms with Gasteiger partial charge >= 0.3 is 0 Å². The number of imidazole rings is 1. The van der Waals surface area contributed by atoms with Crippen LogP contribution in [0.2, 0.25) is 0 Å². The van der Waals surface area contributed by atoms with Crippen molar-refractivity contribution in [2.24, 2.45) is 0 Å². The van der Waals surface area contributed by atoms with Gasteiger partial charge in [0.05, 0.1) is 20.4 Å². The van der Waals surface area contributed by atoms with Crippen LogP contribution < -0.4 is 14.8 Å². The number of benzene rings is 2. The molecule has 3 N–H and O–H groups in total. The molecule has 0 fully saturated rings. The lowest BCUT2D eigenvalue weighted by atomic mass is 10.1. The van der Waals surface area contributed by atoms with Gasteiger partial charge in [-0.1, -0.05) is 6.07 Å². The molecule has 8 nitrogen and oxygen atoms in total. The maximum absolute atomic E-state index is 10.3. The molecule has 154 valence electrons. The van der Waals surface area contributed by atoms with E-state index in [4.69, 9.17) is 9.47 Å². The van der Waals surface area contributed by atoms with Gasteiger partial charge in [0.2, 0.25) is 0 Å². The first-order valence-corrected chi connectivity index (χ1v) is 9.40. The summed E-state index contributed by atoms with van der Waals surface area (Å²) in [6.45, 7) is 0.622. The number of anilines is 1. The Morgan fingerprint density at radius 2 is 1.87 bits per heavy atom. The second-order valence-corrected chi connectivity index (χ2v) is 6.68. The standard InChI is InChI=1S/C22H22N4O4/c1-29-18-6-3-14(11-19(18)30-2)7-8-24-22-21(16-5-4-15(27)12-17(16)28)25-20-13-23-9-10-26(20)22/h3-6,9-13,24,27-28H,7-8H2,1-2H3. The molecule has 8 heteroatoms. The molecular weight excluding hydrogens is 384 g/mol. The quantitative estimate of drug-likeness (QED) is 0.432. The first-order chi connectivity index (χ1) is 14.6. The van der Waals surface area contributed by atoms with Gasteiger partial charge in [-0.25, -0.2) is 4.98 Å². The summed E-state index contributed by atoms with van der Waals surface area (Å²) in [5.41, 5.74) is 2.83. The Bertz CT molecular complexity index is 1190. The highest BCUT2D eigenvalue weighted by molar-refractivity contribution is 5.80. The van der Waals surface area contributed by atoms with Crippen LogP contribution >= 0.6 is 0 Å². The Hall–Kier alpha value is -3.94. The molecule has 0 aliphatic carbocycles. The van der Waals surface area contributed by atoms with Crippen molar-refractivity contribution in [1.82, 2.24) is 14.4 Å². The van der Waals surface area contributed by atoms with Crippen LogP contribution in [0.1, 0.15) is 5.56 Å². The minimum absolute atomic E-state index is 0.00959. The Labute approximate surface area is 173 Å². The predicted octanol–water partition coefficient (Wildman–Crippen LogP) is 3.48. The van der Waals surface area contributed by atoms with Crippen LogP contribution in [0.4, 0.5) is 5.82 Å². The third-order valence-electron chi connectivity index (χ3n) is 4.82. The molecule has 2 aromatic carbocycles. The number of aromatic hydroxyl groups is 2. The van der Waals surface area contributed by atoms with E-state index in [9.17, 15) is 10.2 Å². The van der Waals surface area contributed by atoms with Gasteiger partial charge in [0.25, 0.3) is 0 Å². The number of phenols is 2. The Balaban J connectivity index is 1.62. The van der Waals surface area contributed by atoms with Crippen molar-refractivity contribution < 1.29 is 19.7 Å². The van der Waals surface area contributed by atoms with Crippen molar-refractivity contribution in [3.05, 3.63) is 60.6 Å². The normalized spacial score (nSPS) is 10.9. The Morgan fingerprint density at radius 1 is 1.03 bits per heavy atom. The molecule has 2 heterocycles. The summed E-state index contributed by atoms with van der Waals surface area (Å²) in [5.74, 6) is 2.05. The summed E-state index contributed by atoms with van der Waals surface area (Å²) in [6.07, 6.45) is 5.87. The van der Waals surface area contributed by atoms with Crippen LogP contribution in [0.5, 0.6) is 23.0 Å². The molecular formula is C22H22N4O4. The number of aromatic nitrogens is 3. The number of fused-ring (bicyclic) bond motifs is 1. The van der Waals surface area contributed by atoms with E-state index >= 15 is 0 Å². The molecule has 0 unspecified atom stereocenters. The fraction of sp³-hybridized carbons (Fsp3) is 0.182. The molecule has 0 spiro atoms. The fourth-order valence-electron chi connectivity index (χ4n) is 3.35. The predicted molar refractivity (Wildman–Crippen MR) is 113 cm³/mol. The molecule has 0 aliphatic rings. The van der Waals surface area contributed by atoms with Crippen LogP contribution in [0.15, 0.2) is 55.0 Å². The van der Waals surface area contributed by atoms with E-state index in [-0.39, 0.29) is 11.5 Å². The van der Waals surface area contributed by atoms with Gasteiger partial charge in [-0.15, -0.1) is 0 Å². The third-order valence-corrected chi connectivity index (χ3v) is 4.82. The average molecular weight is 406 g/mol. The lowest BCUT2D eigenvalue weighted by Gasteiger charge is -2.12. The van der Waals surface area contributed by atoms with E-state index in [1.54, 1.807) is 32.7 Å². The maximum atomic E-state index is 10.3. The second-order valence-electron chi connectivity index (χ2n) is 6.68. The van der Waals surface area contributed by atoms with Crippen LogP contribution in [0.25, 0.3) is 16.9 Å². The number of phenolic OH excluding ortho intramolecular Hbond substituents is 2. The van der Waals surface area contributed by atoms with Crippen molar-refractivity contribution in [3.63, 3.8) is 0 Å². The van der Waals surface area contributed by atoms with Gasteiger partial charge in [-0.3, -0.25) is 9.38 Å². The first-order valence-electron chi connectivity index (χ1n) is 9.40. The summed E-state index contributed by atoms with van der Waals surface area (Å²) in [6, 6.07) is 10.3. The molecule has 0 saturated carbocycles. The van der Waals surface area contributed by atoms with E-state index in [0.717, 1.165) is 17.8 Å². The highest BCUT2D eigenvalue weighted by Crippen LogP contribution is 2.36. The molecule has 0 amide bonds. The van der Waals surface area contributed by atoms with Crippen molar-refractivity contribution in [2.45, 2.75) is 6.42 Å². The minimum atomic E-state index is -0.0469. The largest absolute Gasteiger partial charge is 0.508 e. The number of nitrogens with one attached hydrogen (secondary N) is 1. The smallest absolute Gasteiger partial charge is 0.160 e. The Morgan fingerprint density at radius 3 is 2.63 bits per heavy atom. The SMILES string of the molecule is COc1ccc(CCNc2c(-c3ccc(O)cc3O)nc3cnccn23)cc1OC.